The Bertz CT molecular complexity index is 219. The average molecular weight is 385 g/mol. The molecule has 0 saturated carbocycles. The standard InChI is InChI=1S/C14H31N3O.HI/c1-5-8-13(9-10-18)11-16-14(15-7-3)17-12(4)6-2;/h12-13,18H,5-11H2,1-4H3,(H2,15,16,17);1H. The van der Waals surface area contributed by atoms with E-state index in [1.54, 1.807) is 0 Å². The van der Waals surface area contributed by atoms with E-state index < -0.39 is 0 Å². The minimum atomic E-state index is 0. The Kier molecular flexibility index (Phi) is 16.1. The second-order valence-electron chi connectivity index (χ2n) is 4.84. The van der Waals surface area contributed by atoms with E-state index >= 15 is 0 Å². The Morgan fingerprint density at radius 3 is 2.37 bits per heavy atom. The summed E-state index contributed by atoms with van der Waals surface area (Å²) in [6.07, 6.45) is 4.21. The molecule has 19 heavy (non-hydrogen) atoms. The van der Waals surface area contributed by atoms with Crippen LogP contribution in [-0.2, 0) is 0 Å². The summed E-state index contributed by atoms with van der Waals surface area (Å²) in [5, 5.41) is 15.7. The van der Waals surface area contributed by atoms with Gasteiger partial charge in [-0.25, -0.2) is 0 Å². The lowest BCUT2D eigenvalue weighted by atomic mass is 10.0. The molecule has 0 aliphatic carbocycles. The maximum atomic E-state index is 9.04. The number of guanidine groups is 1. The van der Waals surface area contributed by atoms with Crippen molar-refractivity contribution in [1.29, 1.82) is 0 Å². The van der Waals surface area contributed by atoms with Crippen LogP contribution in [0.15, 0.2) is 4.99 Å². The molecule has 0 aliphatic heterocycles. The number of nitrogens with zero attached hydrogens (tertiary/aromatic N) is 1. The van der Waals surface area contributed by atoms with Gasteiger partial charge in [-0.3, -0.25) is 4.99 Å². The summed E-state index contributed by atoms with van der Waals surface area (Å²) in [4.78, 5) is 4.62. The van der Waals surface area contributed by atoms with Gasteiger partial charge in [-0.1, -0.05) is 20.3 Å². The molecule has 4 nitrogen and oxygen atoms in total. The van der Waals surface area contributed by atoms with Gasteiger partial charge in [-0.05, 0) is 39.0 Å². The number of hydrogen-bond donors (Lipinski definition) is 3. The van der Waals surface area contributed by atoms with Gasteiger partial charge in [0.2, 0.25) is 0 Å². The Labute approximate surface area is 135 Å². The lowest BCUT2D eigenvalue weighted by molar-refractivity contribution is 0.253. The molecule has 0 saturated heterocycles. The van der Waals surface area contributed by atoms with E-state index in [1.165, 1.54) is 0 Å². The first kappa shape index (κ1) is 21.3. The first-order chi connectivity index (χ1) is 8.67. The number of aliphatic hydroxyl groups excluding tert-OH is 1. The van der Waals surface area contributed by atoms with Crippen molar-refractivity contribution >= 4 is 29.9 Å². The number of hydrogen-bond acceptors (Lipinski definition) is 2. The van der Waals surface area contributed by atoms with Crippen LogP contribution in [0, 0.1) is 5.92 Å². The SMILES string of the molecule is CCCC(CCO)CN=C(NCC)NC(C)CC.I. The van der Waals surface area contributed by atoms with Gasteiger partial charge in [0.25, 0.3) is 0 Å². The highest BCUT2D eigenvalue weighted by atomic mass is 127. The molecular formula is C14H32IN3O. The van der Waals surface area contributed by atoms with Crippen LogP contribution in [0.1, 0.15) is 53.4 Å². The zero-order valence-electron chi connectivity index (χ0n) is 12.9. The molecule has 0 heterocycles. The predicted molar refractivity (Wildman–Crippen MR) is 94.4 cm³/mol. The molecule has 5 heteroatoms. The summed E-state index contributed by atoms with van der Waals surface area (Å²) >= 11 is 0. The topological polar surface area (TPSA) is 56.7 Å². The van der Waals surface area contributed by atoms with Gasteiger partial charge in [0, 0.05) is 25.7 Å². The van der Waals surface area contributed by atoms with Gasteiger partial charge in [0.1, 0.15) is 0 Å². The number of rotatable bonds is 9. The largest absolute Gasteiger partial charge is 0.396 e. The molecule has 0 spiro atoms. The molecule has 0 aromatic carbocycles. The fourth-order valence-electron chi connectivity index (χ4n) is 1.79. The maximum Gasteiger partial charge on any atom is 0.191 e. The molecule has 2 atom stereocenters. The van der Waals surface area contributed by atoms with E-state index in [9.17, 15) is 0 Å². The van der Waals surface area contributed by atoms with Crippen LogP contribution < -0.4 is 10.6 Å². The van der Waals surface area contributed by atoms with Gasteiger partial charge in [0.05, 0.1) is 0 Å². The summed E-state index contributed by atoms with van der Waals surface area (Å²) in [7, 11) is 0. The monoisotopic (exact) mass is 385 g/mol. The van der Waals surface area contributed by atoms with E-state index in [0.717, 1.165) is 44.7 Å². The average Bonchev–Trinajstić information content (AvgIpc) is 2.36. The third-order valence-electron chi connectivity index (χ3n) is 3.08. The Balaban J connectivity index is 0. The minimum absolute atomic E-state index is 0. The Morgan fingerprint density at radius 2 is 1.89 bits per heavy atom. The van der Waals surface area contributed by atoms with Crippen LogP contribution in [0.2, 0.25) is 0 Å². The van der Waals surface area contributed by atoms with E-state index in [-0.39, 0.29) is 30.6 Å². The first-order valence-corrected chi connectivity index (χ1v) is 7.33. The third-order valence-corrected chi connectivity index (χ3v) is 3.08. The van der Waals surface area contributed by atoms with Crippen molar-refractivity contribution in [1.82, 2.24) is 10.6 Å². The van der Waals surface area contributed by atoms with Crippen molar-refractivity contribution in [3.63, 3.8) is 0 Å². The second kappa shape index (κ2) is 14.4. The van der Waals surface area contributed by atoms with E-state index in [2.05, 4.69) is 43.3 Å². The first-order valence-electron chi connectivity index (χ1n) is 7.33. The normalized spacial score (nSPS) is 14.5. The van der Waals surface area contributed by atoms with E-state index in [0.29, 0.717) is 12.0 Å². The zero-order valence-corrected chi connectivity index (χ0v) is 15.2. The summed E-state index contributed by atoms with van der Waals surface area (Å²) in [6, 6.07) is 0.435. The summed E-state index contributed by atoms with van der Waals surface area (Å²) < 4.78 is 0. The molecule has 116 valence electrons. The van der Waals surface area contributed by atoms with Crippen LogP contribution in [0.4, 0.5) is 0 Å². The van der Waals surface area contributed by atoms with Crippen LogP contribution in [0.3, 0.4) is 0 Å². The van der Waals surface area contributed by atoms with Gasteiger partial charge in [-0.15, -0.1) is 24.0 Å². The third kappa shape index (κ3) is 11.5. The molecule has 0 bridgehead atoms. The highest BCUT2D eigenvalue weighted by molar-refractivity contribution is 14.0. The fourth-order valence-corrected chi connectivity index (χ4v) is 1.79. The van der Waals surface area contributed by atoms with Crippen molar-refractivity contribution in [3.8, 4) is 0 Å². The molecule has 2 unspecified atom stereocenters. The Morgan fingerprint density at radius 1 is 1.21 bits per heavy atom. The van der Waals surface area contributed by atoms with Crippen LogP contribution >= 0.6 is 24.0 Å². The molecule has 0 rings (SSSR count). The summed E-state index contributed by atoms with van der Waals surface area (Å²) in [6.45, 7) is 10.5. The molecular weight excluding hydrogens is 353 g/mol. The molecule has 0 fully saturated rings. The summed E-state index contributed by atoms with van der Waals surface area (Å²) in [5.41, 5.74) is 0. The fraction of sp³-hybridized carbons (Fsp3) is 0.929. The minimum Gasteiger partial charge on any atom is -0.396 e. The van der Waals surface area contributed by atoms with E-state index in [1.807, 2.05) is 0 Å². The van der Waals surface area contributed by atoms with E-state index in [4.69, 9.17) is 5.11 Å². The van der Waals surface area contributed by atoms with Gasteiger partial charge < -0.3 is 15.7 Å². The number of aliphatic imine (C=N–C) groups is 1. The van der Waals surface area contributed by atoms with Crippen LogP contribution in [0.25, 0.3) is 0 Å². The van der Waals surface area contributed by atoms with Crippen LogP contribution in [-0.4, -0.2) is 36.8 Å². The molecule has 0 aromatic heterocycles. The maximum absolute atomic E-state index is 9.04. The van der Waals surface area contributed by atoms with Crippen molar-refractivity contribution in [2.75, 3.05) is 19.7 Å². The number of nitrogens with one attached hydrogen (secondary N) is 2. The molecule has 0 amide bonds. The van der Waals surface area contributed by atoms with Crippen LogP contribution in [0.5, 0.6) is 0 Å². The quantitative estimate of drug-likeness (QED) is 0.325. The highest BCUT2D eigenvalue weighted by Gasteiger charge is 2.08. The molecule has 0 aromatic rings. The van der Waals surface area contributed by atoms with Crippen molar-refractivity contribution in [2.24, 2.45) is 10.9 Å². The lowest BCUT2D eigenvalue weighted by Gasteiger charge is -2.18. The smallest absolute Gasteiger partial charge is 0.191 e. The van der Waals surface area contributed by atoms with Gasteiger partial charge in [-0.2, -0.15) is 0 Å². The number of halogens is 1. The molecule has 3 N–H and O–H groups in total. The molecule has 0 radical (unpaired) electrons. The summed E-state index contributed by atoms with van der Waals surface area (Å²) in [5.74, 6) is 1.39. The zero-order chi connectivity index (χ0) is 13.8. The van der Waals surface area contributed by atoms with Crippen molar-refractivity contribution < 1.29 is 5.11 Å². The van der Waals surface area contributed by atoms with Crippen molar-refractivity contribution in [2.45, 2.75) is 59.4 Å². The number of aliphatic hydroxyl groups is 1. The Hall–Kier alpha value is -0.0400. The van der Waals surface area contributed by atoms with Gasteiger partial charge in [0.15, 0.2) is 5.96 Å². The lowest BCUT2D eigenvalue weighted by Crippen LogP contribution is -2.42. The highest BCUT2D eigenvalue weighted by Crippen LogP contribution is 2.10. The predicted octanol–water partition coefficient (Wildman–Crippen LogP) is 2.76. The van der Waals surface area contributed by atoms with Gasteiger partial charge >= 0.3 is 0 Å². The second-order valence-corrected chi connectivity index (χ2v) is 4.84. The van der Waals surface area contributed by atoms with Crippen molar-refractivity contribution in [3.05, 3.63) is 0 Å². The molecule has 0 aliphatic rings.